The summed E-state index contributed by atoms with van der Waals surface area (Å²) in [6.07, 6.45) is -1.09. The van der Waals surface area contributed by atoms with Gasteiger partial charge in [0, 0.05) is 19.4 Å². The molecule has 1 aliphatic rings. The summed E-state index contributed by atoms with van der Waals surface area (Å²) in [5, 5.41) is 27.5. The lowest BCUT2D eigenvalue weighted by molar-refractivity contribution is -0.261. The van der Waals surface area contributed by atoms with E-state index in [-0.39, 0.29) is 18.9 Å². The molecule has 2 unspecified atom stereocenters. The number of carboxylic acids is 1. The molecule has 0 aliphatic carbocycles. The van der Waals surface area contributed by atoms with Crippen LogP contribution < -0.4 is 0 Å². The number of carboxylic acid groups (broad SMARTS) is 1. The van der Waals surface area contributed by atoms with E-state index in [4.69, 9.17) is 14.6 Å². The number of aliphatic carboxylic acids is 1. The molecule has 6 heteroatoms. The van der Waals surface area contributed by atoms with Gasteiger partial charge in [-0.1, -0.05) is 0 Å². The Hall–Kier alpha value is -0.690. The number of ether oxygens (including phenoxy) is 2. The molecular weight excluding hydrogens is 228 g/mol. The van der Waals surface area contributed by atoms with Crippen LogP contribution in [0.1, 0.15) is 32.6 Å². The Morgan fingerprint density at radius 2 is 2.06 bits per heavy atom. The molecule has 0 aromatic rings. The fourth-order valence-corrected chi connectivity index (χ4v) is 1.67. The summed E-state index contributed by atoms with van der Waals surface area (Å²) in [6, 6.07) is 0. The average Bonchev–Trinajstić information content (AvgIpc) is 2.24. The predicted octanol–water partition coefficient (Wildman–Crippen LogP) is 0.115. The lowest BCUT2D eigenvalue weighted by Gasteiger charge is -2.35. The first-order chi connectivity index (χ1) is 8.00. The molecule has 3 N–H and O–H groups in total. The largest absolute Gasteiger partial charge is 0.481 e. The highest BCUT2D eigenvalue weighted by Crippen LogP contribution is 2.21. The van der Waals surface area contributed by atoms with Gasteiger partial charge in [-0.05, 0) is 19.8 Å². The SMILES string of the molecule is CC1OC(OCCCCC(=O)O)[C@@H](O)C[C@H]1O. The zero-order valence-electron chi connectivity index (χ0n) is 9.91. The lowest BCUT2D eigenvalue weighted by Crippen LogP contribution is -2.47. The van der Waals surface area contributed by atoms with Gasteiger partial charge in [0.1, 0.15) is 6.10 Å². The van der Waals surface area contributed by atoms with Gasteiger partial charge >= 0.3 is 5.97 Å². The molecule has 6 nitrogen and oxygen atoms in total. The van der Waals surface area contributed by atoms with E-state index in [1.807, 2.05) is 0 Å². The maximum atomic E-state index is 10.3. The zero-order valence-corrected chi connectivity index (χ0v) is 9.91. The highest BCUT2D eigenvalue weighted by Gasteiger charge is 2.34. The second-order valence-electron chi connectivity index (χ2n) is 4.30. The topological polar surface area (TPSA) is 96.2 Å². The van der Waals surface area contributed by atoms with Crippen molar-refractivity contribution < 1.29 is 29.6 Å². The fourth-order valence-electron chi connectivity index (χ4n) is 1.67. The van der Waals surface area contributed by atoms with Gasteiger partial charge < -0.3 is 24.8 Å². The van der Waals surface area contributed by atoms with E-state index in [0.717, 1.165) is 0 Å². The van der Waals surface area contributed by atoms with Gasteiger partial charge in [0.2, 0.25) is 0 Å². The third-order valence-electron chi connectivity index (χ3n) is 2.75. The summed E-state index contributed by atoms with van der Waals surface area (Å²) in [5.41, 5.74) is 0. The van der Waals surface area contributed by atoms with Gasteiger partial charge in [-0.2, -0.15) is 0 Å². The van der Waals surface area contributed by atoms with Gasteiger partial charge in [-0.25, -0.2) is 0 Å². The molecule has 1 heterocycles. The van der Waals surface area contributed by atoms with Gasteiger partial charge in [0.15, 0.2) is 6.29 Å². The van der Waals surface area contributed by atoms with Crippen molar-refractivity contribution in [2.45, 2.75) is 57.2 Å². The molecule has 0 saturated carbocycles. The van der Waals surface area contributed by atoms with Crippen molar-refractivity contribution in [3.8, 4) is 0 Å². The Morgan fingerprint density at radius 1 is 1.35 bits per heavy atom. The summed E-state index contributed by atoms with van der Waals surface area (Å²) in [7, 11) is 0. The summed E-state index contributed by atoms with van der Waals surface area (Å²) >= 11 is 0. The molecule has 100 valence electrons. The third-order valence-corrected chi connectivity index (χ3v) is 2.75. The summed E-state index contributed by atoms with van der Waals surface area (Å²) in [4.78, 5) is 10.3. The van der Waals surface area contributed by atoms with Crippen molar-refractivity contribution in [3.05, 3.63) is 0 Å². The van der Waals surface area contributed by atoms with E-state index < -0.39 is 24.5 Å². The van der Waals surface area contributed by atoms with Crippen LogP contribution in [0, 0.1) is 0 Å². The Labute approximate surface area is 100 Å². The minimum atomic E-state index is -0.833. The maximum Gasteiger partial charge on any atom is 0.303 e. The molecule has 0 spiro atoms. The Bertz CT molecular complexity index is 244. The molecule has 0 aromatic carbocycles. The van der Waals surface area contributed by atoms with Crippen molar-refractivity contribution >= 4 is 5.97 Å². The van der Waals surface area contributed by atoms with Gasteiger partial charge in [0.05, 0.1) is 12.2 Å². The van der Waals surface area contributed by atoms with Crippen LogP contribution >= 0.6 is 0 Å². The second kappa shape index (κ2) is 6.90. The standard InChI is InChI=1S/C11H20O6/c1-7-8(12)6-9(13)11(17-7)16-5-3-2-4-10(14)15/h7-9,11-13H,2-6H2,1H3,(H,14,15)/t7?,8-,9+,11?/m1/s1. The number of carbonyl (C=O) groups is 1. The van der Waals surface area contributed by atoms with Crippen molar-refractivity contribution in [1.29, 1.82) is 0 Å². The van der Waals surface area contributed by atoms with Crippen LogP contribution in [0.2, 0.25) is 0 Å². The monoisotopic (exact) mass is 248 g/mol. The molecule has 1 fully saturated rings. The van der Waals surface area contributed by atoms with Crippen LogP contribution in [-0.2, 0) is 14.3 Å². The summed E-state index contributed by atoms with van der Waals surface area (Å²) in [6.45, 7) is 2.06. The fraction of sp³-hybridized carbons (Fsp3) is 0.909. The highest BCUT2D eigenvalue weighted by atomic mass is 16.7. The third kappa shape index (κ3) is 4.99. The molecule has 0 amide bonds. The van der Waals surface area contributed by atoms with Crippen molar-refractivity contribution in [3.63, 3.8) is 0 Å². The Kier molecular flexibility index (Phi) is 5.84. The van der Waals surface area contributed by atoms with E-state index in [2.05, 4.69) is 0 Å². The smallest absolute Gasteiger partial charge is 0.303 e. The quantitative estimate of drug-likeness (QED) is 0.577. The van der Waals surface area contributed by atoms with Gasteiger partial charge in [0.25, 0.3) is 0 Å². The van der Waals surface area contributed by atoms with E-state index in [9.17, 15) is 15.0 Å². The molecule has 0 aromatic heterocycles. The van der Waals surface area contributed by atoms with Crippen LogP contribution in [0.15, 0.2) is 0 Å². The van der Waals surface area contributed by atoms with Crippen LogP contribution in [0.5, 0.6) is 0 Å². The first-order valence-corrected chi connectivity index (χ1v) is 5.85. The van der Waals surface area contributed by atoms with Crippen LogP contribution in [0.4, 0.5) is 0 Å². The number of hydrogen-bond donors (Lipinski definition) is 3. The number of aliphatic hydroxyl groups excluding tert-OH is 2. The predicted molar refractivity (Wildman–Crippen MR) is 58.4 cm³/mol. The molecule has 1 aliphatic heterocycles. The van der Waals surface area contributed by atoms with E-state index in [0.29, 0.717) is 19.4 Å². The number of rotatable bonds is 6. The average molecular weight is 248 g/mol. The molecule has 1 saturated heterocycles. The Morgan fingerprint density at radius 3 is 2.71 bits per heavy atom. The van der Waals surface area contributed by atoms with E-state index in [1.54, 1.807) is 6.92 Å². The maximum absolute atomic E-state index is 10.3. The minimum absolute atomic E-state index is 0.118. The molecule has 1 rings (SSSR count). The molecule has 0 radical (unpaired) electrons. The first kappa shape index (κ1) is 14.4. The van der Waals surface area contributed by atoms with E-state index in [1.165, 1.54) is 0 Å². The molecule has 0 bridgehead atoms. The molecule has 4 atom stereocenters. The van der Waals surface area contributed by atoms with Crippen LogP contribution in [0.25, 0.3) is 0 Å². The summed E-state index contributed by atoms with van der Waals surface area (Å²) < 4.78 is 10.6. The molecular formula is C11H20O6. The first-order valence-electron chi connectivity index (χ1n) is 5.85. The number of aliphatic hydroxyl groups is 2. The van der Waals surface area contributed by atoms with Crippen molar-refractivity contribution in [2.24, 2.45) is 0 Å². The number of hydrogen-bond acceptors (Lipinski definition) is 5. The van der Waals surface area contributed by atoms with Crippen LogP contribution in [-0.4, -0.2) is 52.5 Å². The van der Waals surface area contributed by atoms with Gasteiger partial charge in [-0.15, -0.1) is 0 Å². The van der Waals surface area contributed by atoms with Crippen LogP contribution in [0.3, 0.4) is 0 Å². The van der Waals surface area contributed by atoms with Gasteiger partial charge in [-0.3, -0.25) is 4.79 Å². The highest BCUT2D eigenvalue weighted by molar-refractivity contribution is 5.66. The Balaban J connectivity index is 2.16. The molecule has 17 heavy (non-hydrogen) atoms. The van der Waals surface area contributed by atoms with Crippen molar-refractivity contribution in [1.82, 2.24) is 0 Å². The zero-order chi connectivity index (χ0) is 12.8. The lowest BCUT2D eigenvalue weighted by atomic mass is 10.0. The van der Waals surface area contributed by atoms with Crippen molar-refractivity contribution in [2.75, 3.05) is 6.61 Å². The van der Waals surface area contributed by atoms with E-state index >= 15 is 0 Å². The minimum Gasteiger partial charge on any atom is -0.481 e. The number of unbranched alkanes of at least 4 members (excludes halogenated alkanes) is 1. The normalized spacial score (nSPS) is 33.6. The second-order valence-corrected chi connectivity index (χ2v) is 4.30. The summed E-state index contributed by atoms with van der Waals surface area (Å²) in [5.74, 6) is -0.823.